The molecular formula is C13H17N3. The third kappa shape index (κ3) is 1.67. The molecule has 0 unspecified atom stereocenters. The van der Waals surface area contributed by atoms with Gasteiger partial charge in [0.25, 0.3) is 0 Å². The average molecular weight is 215 g/mol. The molecule has 1 fully saturated rings. The van der Waals surface area contributed by atoms with Crippen LogP contribution in [0.5, 0.6) is 0 Å². The van der Waals surface area contributed by atoms with Crippen LogP contribution in [0.25, 0.3) is 10.9 Å². The lowest BCUT2D eigenvalue weighted by molar-refractivity contribution is 0.280. The lowest BCUT2D eigenvalue weighted by atomic mass is 9.81. The minimum atomic E-state index is 0.440. The van der Waals surface area contributed by atoms with Crippen molar-refractivity contribution in [3.05, 3.63) is 30.5 Å². The van der Waals surface area contributed by atoms with E-state index in [1.807, 2.05) is 12.3 Å². The zero-order valence-electron chi connectivity index (χ0n) is 9.24. The summed E-state index contributed by atoms with van der Waals surface area (Å²) in [7, 11) is 0. The van der Waals surface area contributed by atoms with Gasteiger partial charge >= 0.3 is 0 Å². The Balaban J connectivity index is 1.70. The number of aromatic nitrogens is 1. The third-order valence-electron chi connectivity index (χ3n) is 3.44. The minimum Gasteiger partial charge on any atom is -0.383 e. The van der Waals surface area contributed by atoms with Crippen LogP contribution in [-0.4, -0.2) is 17.6 Å². The summed E-state index contributed by atoms with van der Waals surface area (Å²) in [6, 6.07) is 8.80. The number of H-pyrrole nitrogens is 1. The monoisotopic (exact) mass is 215 g/mol. The van der Waals surface area contributed by atoms with E-state index in [0.717, 1.165) is 25.3 Å². The molecule has 0 spiro atoms. The molecule has 84 valence electrons. The summed E-state index contributed by atoms with van der Waals surface area (Å²) in [6.45, 7) is 1.04. The second kappa shape index (κ2) is 3.83. The normalized spacial score (nSPS) is 24.3. The van der Waals surface area contributed by atoms with Gasteiger partial charge in [-0.3, -0.25) is 0 Å². The number of nitrogens with two attached hydrogens (primary N) is 1. The van der Waals surface area contributed by atoms with Crippen LogP contribution >= 0.6 is 0 Å². The quantitative estimate of drug-likeness (QED) is 0.736. The lowest BCUT2D eigenvalue weighted by Crippen LogP contribution is -2.39. The van der Waals surface area contributed by atoms with Gasteiger partial charge < -0.3 is 16.0 Å². The molecule has 1 heterocycles. The largest absolute Gasteiger partial charge is 0.383 e. The van der Waals surface area contributed by atoms with E-state index < -0.39 is 0 Å². The third-order valence-corrected chi connectivity index (χ3v) is 3.44. The molecule has 1 aromatic heterocycles. The summed E-state index contributed by atoms with van der Waals surface area (Å²) in [5, 5.41) is 4.77. The van der Waals surface area contributed by atoms with Gasteiger partial charge in [0.05, 0.1) is 5.69 Å². The topological polar surface area (TPSA) is 53.8 Å². The Morgan fingerprint density at radius 3 is 2.94 bits per heavy atom. The van der Waals surface area contributed by atoms with Gasteiger partial charge in [-0.25, -0.2) is 0 Å². The maximum absolute atomic E-state index is 5.77. The molecule has 0 atom stereocenters. The maximum atomic E-state index is 5.77. The van der Waals surface area contributed by atoms with Crippen molar-refractivity contribution < 1.29 is 0 Å². The first-order valence-electron chi connectivity index (χ1n) is 5.88. The van der Waals surface area contributed by atoms with Crippen molar-refractivity contribution in [2.75, 3.05) is 11.9 Å². The van der Waals surface area contributed by atoms with E-state index in [0.29, 0.717) is 6.04 Å². The van der Waals surface area contributed by atoms with Crippen molar-refractivity contribution in [1.82, 2.24) is 4.98 Å². The van der Waals surface area contributed by atoms with Crippen molar-refractivity contribution in [3.8, 4) is 0 Å². The first-order valence-corrected chi connectivity index (χ1v) is 5.88. The number of rotatable bonds is 3. The highest BCUT2D eigenvalue weighted by Gasteiger charge is 2.25. The van der Waals surface area contributed by atoms with Gasteiger partial charge in [-0.05, 0) is 24.8 Å². The number of hydrogen-bond donors (Lipinski definition) is 3. The smallest absolute Gasteiger partial charge is 0.0598 e. The second-order valence-electron chi connectivity index (χ2n) is 4.73. The first kappa shape index (κ1) is 9.73. The van der Waals surface area contributed by atoms with Gasteiger partial charge in [0.15, 0.2) is 0 Å². The maximum Gasteiger partial charge on any atom is 0.0598 e. The Morgan fingerprint density at radius 2 is 2.12 bits per heavy atom. The second-order valence-corrected chi connectivity index (χ2v) is 4.73. The molecule has 0 aliphatic heterocycles. The zero-order valence-corrected chi connectivity index (χ0v) is 9.24. The van der Waals surface area contributed by atoms with Crippen LogP contribution in [0.2, 0.25) is 0 Å². The van der Waals surface area contributed by atoms with Crippen molar-refractivity contribution in [3.63, 3.8) is 0 Å². The van der Waals surface area contributed by atoms with Crippen molar-refractivity contribution in [1.29, 1.82) is 0 Å². The zero-order chi connectivity index (χ0) is 11.0. The van der Waals surface area contributed by atoms with Gasteiger partial charge in [0, 0.05) is 29.7 Å². The van der Waals surface area contributed by atoms with Gasteiger partial charge in [0.2, 0.25) is 0 Å². The number of aromatic amines is 1. The number of fused-ring (bicyclic) bond motifs is 1. The van der Waals surface area contributed by atoms with Crippen molar-refractivity contribution in [2.45, 2.75) is 18.9 Å². The van der Waals surface area contributed by atoms with Gasteiger partial charge in [0.1, 0.15) is 0 Å². The van der Waals surface area contributed by atoms with E-state index in [9.17, 15) is 0 Å². The van der Waals surface area contributed by atoms with E-state index in [2.05, 4.69) is 28.5 Å². The van der Waals surface area contributed by atoms with E-state index in [-0.39, 0.29) is 0 Å². The fraction of sp³-hybridized carbons (Fsp3) is 0.385. The number of benzene rings is 1. The van der Waals surface area contributed by atoms with Crippen LogP contribution in [0.15, 0.2) is 30.5 Å². The molecule has 4 N–H and O–H groups in total. The molecule has 3 nitrogen and oxygen atoms in total. The molecule has 0 bridgehead atoms. The van der Waals surface area contributed by atoms with E-state index >= 15 is 0 Å². The molecule has 0 saturated heterocycles. The van der Waals surface area contributed by atoms with Crippen LogP contribution in [0, 0.1) is 5.92 Å². The fourth-order valence-corrected chi connectivity index (χ4v) is 2.43. The van der Waals surface area contributed by atoms with Gasteiger partial charge in [-0.1, -0.05) is 18.2 Å². The Kier molecular flexibility index (Phi) is 2.33. The van der Waals surface area contributed by atoms with Gasteiger partial charge in [-0.2, -0.15) is 0 Å². The molecule has 0 radical (unpaired) electrons. The standard InChI is InChI=1S/C13H17N3/c14-10-5-9(6-10)7-15-13-8-16-12-4-2-1-3-11(12)13/h1-4,8-10,15-16H,5-7,14H2. The number of hydrogen-bond acceptors (Lipinski definition) is 2. The summed E-state index contributed by atoms with van der Waals surface area (Å²) in [5.74, 6) is 0.753. The summed E-state index contributed by atoms with van der Waals surface area (Å²) < 4.78 is 0. The summed E-state index contributed by atoms with van der Waals surface area (Å²) in [4.78, 5) is 3.27. The highest BCUT2D eigenvalue weighted by molar-refractivity contribution is 5.92. The van der Waals surface area contributed by atoms with Crippen molar-refractivity contribution >= 4 is 16.6 Å². The highest BCUT2D eigenvalue weighted by Crippen LogP contribution is 2.27. The average Bonchev–Trinajstić information content (AvgIpc) is 2.66. The van der Waals surface area contributed by atoms with Gasteiger partial charge in [-0.15, -0.1) is 0 Å². The number of nitrogens with one attached hydrogen (secondary N) is 2. The molecule has 16 heavy (non-hydrogen) atoms. The van der Waals surface area contributed by atoms with Crippen LogP contribution < -0.4 is 11.1 Å². The number of para-hydroxylation sites is 1. The molecule has 3 heteroatoms. The van der Waals surface area contributed by atoms with E-state index in [1.165, 1.54) is 16.6 Å². The van der Waals surface area contributed by atoms with Crippen LogP contribution in [-0.2, 0) is 0 Å². The minimum absolute atomic E-state index is 0.440. The van der Waals surface area contributed by atoms with Crippen molar-refractivity contribution in [2.24, 2.45) is 11.7 Å². The predicted molar refractivity (Wildman–Crippen MR) is 67.5 cm³/mol. The molecule has 1 aliphatic rings. The molecule has 2 aromatic rings. The molecule has 3 rings (SSSR count). The number of anilines is 1. The van der Waals surface area contributed by atoms with Crippen LogP contribution in [0.3, 0.4) is 0 Å². The molecule has 0 amide bonds. The molecular weight excluding hydrogens is 198 g/mol. The molecule has 1 saturated carbocycles. The summed E-state index contributed by atoms with van der Waals surface area (Å²) in [6.07, 6.45) is 4.37. The van der Waals surface area contributed by atoms with E-state index in [4.69, 9.17) is 5.73 Å². The summed E-state index contributed by atoms with van der Waals surface area (Å²) in [5.41, 5.74) is 8.17. The summed E-state index contributed by atoms with van der Waals surface area (Å²) >= 11 is 0. The Morgan fingerprint density at radius 1 is 1.31 bits per heavy atom. The highest BCUT2D eigenvalue weighted by atomic mass is 14.9. The lowest BCUT2D eigenvalue weighted by Gasteiger charge is -2.32. The predicted octanol–water partition coefficient (Wildman–Crippen LogP) is 2.32. The SMILES string of the molecule is NC1CC(CNc2c[nH]c3ccccc23)C1. The van der Waals surface area contributed by atoms with Crippen LogP contribution in [0.4, 0.5) is 5.69 Å². The molecule has 1 aliphatic carbocycles. The Bertz CT molecular complexity index is 483. The van der Waals surface area contributed by atoms with E-state index in [1.54, 1.807) is 0 Å². The molecule has 1 aromatic carbocycles. The fourth-order valence-electron chi connectivity index (χ4n) is 2.43. The Hall–Kier alpha value is -1.48. The van der Waals surface area contributed by atoms with Crippen LogP contribution in [0.1, 0.15) is 12.8 Å². The first-order chi connectivity index (χ1) is 7.83. The Labute approximate surface area is 95.0 Å².